The molecule has 1 fully saturated rings. The van der Waals surface area contributed by atoms with E-state index in [0.717, 1.165) is 37.3 Å². The Morgan fingerprint density at radius 1 is 1.07 bits per heavy atom. The molecule has 0 atom stereocenters. The number of likely N-dealkylation sites (tertiary alicyclic amines) is 1. The fourth-order valence-corrected chi connectivity index (χ4v) is 3.80. The number of carbonyl (C=O) groups excluding carboxylic acids is 2. The average molecular weight is 379 g/mol. The zero-order valence-electron chi connectivity index (χ0n) is 15.9. The van der Waals surface area contributed by atoms with E-state index >= 15 is 0 Å². The maximum atomic E-state index is 13.1. The Kier molecular flexibility index (Phi) is 5.14. The molecule has 0 saturated carbocycles. The maximum absolute atomic E-state index is 13.1. The number of carbonyl (C=O) groups is 2. The summed E-state index contributed by atoms with van der Waals surface area (Å²) in [7, 11) is 0. The number of para-hydroxylation sites is 1. The van der Waals surface area contributed by atoms with Crippen molar-refractivity contribution in [2.24, 2.45) is 0 Å². The second-order valence-corrected chi connectivity index (χ2v) is 7.19. The molecule has 2 aromatic rings. The Morgan fingerprint density at radius 2 is 1.86 bits per heavy atom. The molecule has 0 spiro atoms. The van der Waals surface area contributed by atoms with Gasteiger partial charge in [0.25, 0.3) is 11.8 Å². The van der Waals surface area contributed by atoms with Crippen molar-refractivity contribution in [3.8, 4) is 0 Å². The van der Waals surface area contributed by atoms with Gasteiger partial charge in [-0.1, -0.05) is 18.2 Å². The van der Waals surface area contributed by atoms with E-state index in [4.69, 9.17) is 0 Å². The van der Waals surface area contributed by atoms with Crippen LogP contribution in [0.15, 0.2) is 43.0 Å². The summed E-state index contributed by atoms with van der Waals surface area (Å²) in [6, 6.07) is 9.35. The van der Waals surface area contributed by atoms with Crippen LogP contribution in [0.5, 0.6) is 0 Å². The first-order valence-electron chi connectivity index (χ1n) is 9.76. The van der Waals surface area contributed by atoms with Crippen LogP contribution in [0.3, 0.4) is 0 Å². The van der Waals surface area contributed by atoms with Gasteiger partial charge in [0.1, 0.15) is 0 Å². The molecule has 146 valence electrons. The summed E-state index contributed by atoms with van der Waals surface area (Å²) in [5.74, 6) is -0.0247. The van der Waals surface area contributed by atoms with Crippen LogP contribution >= 0.6 is 0 Å². The largest absolute Gasteiger partial charge is 0.381 e. The van der Waals surface area contributed by atoms with Gasteiger partial charge in [-0.05, 0) is 31.0 Å². The topological polar surface area (TPSA) is 70.5 Å². The van der Waals surface area contributed by atoms with Crippen molar-refractivity contribution < 1.29 is 9.59 Å². The lowest BCUT2D eigenvalue weighted by atomic mass is 10.1. The van der Waals surface area contributed by atoms with Crippen molar-refractivity contribution in [2.75, 3.05) is 31.5 Å². The molecule has 0 aliphatic carbocycles. The number of amides is 2. The summed E-state index contributed by atoms with van der Waals surface area (Å²) < 4.78 is 1.86. The molecule has 0 unspecified atom stereocenters. The van der Waals surface area contributed by atoms with E-state index in [1.807, 2.05) is 44.8 Å². The molecule has 1 aromatic heterocycles. The van der Waals surface area contributed by atoms with Crippen LogP contribution < -0.4 is 5.32 Å². The Balaban J connectivity index is 1.50. The first kappa shape index (κ1) is 18.3. The van der Waals surface area contributed by atoms with Gasteiger partial charge in [-0.3, -0.25) is 14.3 Å². The molecular formula is C21H25N5O2. The van der Waals surface area contributed by atoms with Crippen LogP contribution in [0, 0.1) is 0 Å². The number of nitrogens with one attached hydrogen (secondary N) is 1. The highest BCUT2D eigenvalue weighted by atomic mass is 16.2. The van der Waals surface area contributed by atoms with Crippen molar-refractivity contribution in [3.05, 3.63) is 59.9 Å². The Labute approximate surface area is 164 Å². The summed E-state index contributed by atoms with van der Waals surface area (Å²) in [5, 5.41) is 7.70. The van der Waals surface area contributed by atoms with Crippen molar-refractivity contribution in [2.45, 2.75) is 25.9 Å². The molecule has 0 bridgehead atoms. The van der Waals surface area contributed by atoms with Crippen LogP contribution in [0.2, 0.25) is 0 Å². The summed E-state index contributed by atoms with van der Waals surface area (Å²) in [6.45, 7) is 7.54. The standard InChI is InChI=1S/C21H25N5O2/c1-2-9-22-18-8-4-3-7-17(18)20(27)25-12-13-26-16(15-25)14-19(23-26)21(28)24-10-5-6-11-24/h2-4,7-8,14,22H,1,5-6,9-13,15H2. The molecule has 2 aliphatic rings. The van der Waals surface area contributed by atoms with Crippen molar-refractivity contribution in [3.63, 3.8) is 0 Å². The second-order valence-electron chi connectivity index (χ2n) is 7.19. The molecule has 2 aliphatic heterocycles. The Bertz CT molecular complexity index is 898. The van der Waals surface area contributed by atoms with Crippen molar-refractivity contribution in [1.82, 2.24) is 19.6 Å². The molecule has 1 saturated heterocycles. The van der Waals surface area contributed by atoms with Gasteiger partial charge in [0.2, 0.25) is 0 Å². The number of nitrogens with zero attached hydrogens (tertiary/aromatic N) is 4. The Hall–Kier alpha value is -3.09. The van der Waals surface area contributed by atoms with Gasteiger partial charge >= 0.3 is 0 Å². The minimum atomic E-state index is -0.0213. The minimum absolute atomic E-state index is 0.00347. The van der Waals surface area contributed by atoms with E-state index in [1.54, 1.807) is 6.08 Å². The SMILES string of the molecule is C=CCNc1ccccc1C(=O)N1CCn2nc(C(=O)N3CCCC3)cc2C1. The first-order valence-corrected chi connectivity index (χ1v) is 9.76. The third kappa shape index (κ3) is 3.52. The molecular weight excluding hydrogens is 354 g/mol. The quantitative estimate of drug-likeness (QED) is 0.810. The van der Waals surface area contributed by atoms with Gasteiger partial charge in [-0.15, -0.1) is 6.58 Å². The summed E-state index contributed by atoms with van der Waals surface area (Å²) >= 11 is 0. The van der Waals surface area contributed by atoms with Crippen LogP contribution in [0.25, 0.3) is 0 Å². The molecule has 2 amide bonds. The normalized spacial score (nSPS) is 16.0. The van der Waals surface area contributed by atoms with Crippen LogP contribution in [-0.4, -0.2) is 57.6 Å². The van der Waals surface area contributed by atoms with Crippen molar-refractivity contribution in [1.29, 1.82) is 0 Å². The third-order valence-electron chi connectivity index (χ3n) is 5.29. The van der Waals surface area contributed by atoms with Gasteiger partial charge < -0.3 is 15.1 Å². The maximum Gasteiger partial charge on any atom is 0.274 e. The van der Waals surface area contributed by atoms with E-state index in [2.05, 4.69) is 17.0 Å². The minimum Gasteiger partial charge on any atom is -0.381 e. The van der Waals surface area contributed by atoms with Crippen LogP contribution in [-0.2, 0) is 13.1 Å². The predicted molar refractivity (Wildman–Crippen MR) is 107 cm³/mol. The zero-order chi connectivity index (χ0) is 19.5. The number of anilines is 1. The zero-order valence-corrected chi connectivity index (χ0v) is 15.9. The number of rotatable bonds is 5. The number of benzene rings is 1. The molecule has 1 aromatic carbocycles. The molecule has 4 rings (SSSR count). The number of hydrogen-bond acceptors (Lipinski definition) is 4. The molecule has 0 radical (unpaired) electrons. The van der Waals surface area contributed by atoms with Gasteiger partial charge in [-0.2, -0.15) is 5.10 Å². The van der Waals surface area contributed by atoms with E-state index in [0.29, 0.717) is 37.4 Å². The lowest BCUT2D eigenvalue weighted by Crippen LogP contribution is -2.38. The van der Waals surface area contributed by atoms with Gasteiger partial charge in [0, 0.05) is 31.9 Å². The van der Waals surface area contributed by atoms with Gasteiger partial charge in [0.05, 0.1) is 24.3 Å². The average Bonchev–Trinajstić information content (AvgIpc) is 3.40. The van der Waals surface area contributed by atoms with Gasteiger partial charge in [-0.25, -0.2) is 0 Å². The molecule has 28 heavy (non-hydrogen) atoms. The third-order valence-corrected chi connectivity index (χ3v) is 5.29. The first-order chi connectivity index (χ1) is 13.7. The van der Waals surface area contributed by atoms with E-state index in [-0.39, 0.29) is 11.8 Å². The summed E-state index contributed by atoms with van der Waals surface area (Å²) in [4.78, 5) is 29.4. The second kappa shape index (κ2) is 7.88. The van der Waals surface area contributed by atoms with E-state index in [9.17, 15) is 9.59 Å². The van der Waals surface area contributed by atoms with Crippen molar-refractivity contribution >= 4 is 17.5 Å². The monoisotopic (exact) mass is 379 g/mol. The highest BCUT2D eigenvalue weighted by Gasteiger charge is 2.28. The number of hydrogen-bond donors (Lipinski definition) is 1. The molecule has 7 nitrogen and oxygen atoms in total. The lowest BCUT2D eigenvalue weighted by molar-refractivity contribution is 0.0704. The highest BCUT2D eigenvalue weighted by Crippen LogP contribution is 2.22. The fraction of sp³-hybridized carbons (Fsp3) is 0.381. The lowest BCUT2D eigenvalue weighted by Gasteiger charge is -2.28. The molecule has 3 heterocycles. The molecule has 7 heteroatoms. The Morgan fingerprint density at radius 3 is 2.64 bits per heavy atom. The van der Waals surface area contributed by atoms with E-state index in [1.165, 1.54) is 0 Å². The predicted octanol–water partition coefficient (Wildman–Crippen LogP) is 2.37. The smallest absolute Gasteiger partial charge is 0.274 e. The van der Waals surface area contributed by atoms with Crippen LogP contribution in [0.1, 0.15) is 39.4 Å². The summed E-state index contributed by atoms with van der Waals surface area (Å²) in [5.41, 5.74) is 2.83. The fourth-order valence-electron chi connectivity index (χ4n) is 3.80. The summed E-state index contributed by atoms with van der Waals surface area (Å²) in [6.07, 6.45) is 3.88. The number of aromatic nitrogens is 2. The van der Waals surface area contributed by atoms with Gasteiger partial charge in [0.15, 0.2) is 5.69 Å². The highest BCUT2D eigenvalue weighted by molar-refractivity contribution is 5.99. The molecule has 1 N–H and O–H groups in total. The van der Waals surface area contributed by atoms with E-state index < -0.39 is 0 Å². The van der Waals surface area contributed by atoms with Crippen LogP contribution in [0.4, 0.5) is 5.69 Å². The number of fused-ring (bicyclic) bond motifs is 1.